The molecule has 5 nitrogen and oxygen atoms in total. The van der Waals surface area contributed by atoms with Gasteiger partial charge in [0, 0.05) is 11.9 Å². The van der Waals surface area contributed by atoms with Gasteiger partial charge in [0.15, 0.2) is 0 Å². The van der Waals surface area contributed by atoms with Gasteiger partial charge >= 0.3 is 5.97 Å². The summed E-state index contributed by atoms with van der Waals surface area (Å²) in [6.45, 7) is 1.85. The van der Waals surface area contributed by atoms with Gasteiger partial charge in [0.2, 0.25) is 5.91 Å². The molecule has 0 aliphatic carbocycles. The quantitative estimate of drug-likeness (QED) is 0.864. The molecule has 0 spiro atoms. The van der Waals surface area contributed by atoms with Gasteiger partial charge in [-0.2, -0.15) is 0 Å². The number of para-hydroxylation sites is 1. The van der Waals surface area contributed by atoms with E-state index in [1.54, 1.807) is 6.92 Å². The molecular weight excluding hydrogens is 246 g/mol. The number of amides is 1. The Balaban J connectivity index is 2.04. The summed E-state index contributed by atoms with van der Waals surface area (Å²) in [6, 6.07) is 9.36. The topological polar surface area (TPSA) is 79.5 Å². The van der Waals surface area contributed by atoms with E-state index in [0.29, 0.717) is 5.76 Å². The van der Waals surface area contributed by atoms with Gasteiger partial charge in [0.1, 0.15) is 11.3 Å². The zero-order valence-corrected chi connectivity index (χ0v) is 10.6. The lowest BCUT2D eigenvalue weighted by Gasteiger charge is -2.08. The fourth-order valence-corrected chi connectivity index (χ4v) is 1.79. The number of hydrogen-bond donors (Lipinski definition) is 2. The van der Waals surface area contributed by atoms with Crippen molar-refractivity contribution in [2.75, 3.05) is 6.54 Å². The number of nitrogens with one attached hydrogen (secondary N) is 1. The van der Waals surface area contributed by atoms with Crippen LogP contribution in [0.1, 0.15) is 25.0 Å². The minimum absolute atomic E-state index is 0.0847. The number of hydrogen-bond acceptors (Lipinski definition) is 3. The molecule has 5 heteroatoms. The number of benzene rings is 1. The second-order valence-electron chi connectivity index (χ2n) is 4.34. The molecule has 100 valence electrons. The summed E-state index contributed by atoms with van der Waals surface area (Å²) in [4.78, 5) is 22.2. The van der Waals surface area contributed by atoms with Crippen LogP contribution in [0.3, 0.4) is 0 Å². The van der Waals surface area contributed by atoms with E-state index in [-0.39, 0.29) is 18.9 Å². The molecule has 2 N–H and O–H groups in total. The smallest absolute Gasteiger partial charge is 0.305 e. The lowest BCUT2D eigenvalue weighted by atomic mass is 10.1. The third kappa shape index (κ3) is 3.13. The van der Waals surface area contributed by atoms with Crippen molar-refractivity contribution in [2.45, 2.75) is 19.3 Å². The first-order valence-corrected chi connectivity index (χ1v) is 6.06. The maximum Gasteiger partial charge on any atom is 0.305 e. The Hall–Kier alpha value is -2.30. The number of carbonyl (C=O) groups is 2. The van der Waals surface area contributed by atoms with Gasteiger partial charge in [-0.15, -0.1) is 0 Å². The van der Waals surface area contributed by atoms with E-state index in [1.165, 1.54) is 0 Å². The third-order valence-electron chi connectivity index (χ3n) is 2.90. The van der Waals surface area contributed by atoms with Gasteiger partial charge in [-0.05, 0) is 19.1 Å². The Labute approximate surface area is 110 Å². The lowest BCUT2D eigenvalue weighted by Crippen LogP contribution is -2.29. The molecule has 1 amide bonds. The number of rotatable bonds is 5. The van der Waals surface area contributed by atoms with Gasteiger partial charge in [0.25, 0.3) is 0 Å². The maximum atomic E-state index is 11.8. The van der Waals surface area contributed by atoms with Gasteiger partial charge in [-0.25, -0.2) is 0 Å². The highest BCUT2D eigenvalue weighted by Gasteiger charge is 2.19. The van der Waals surface area contributed by atoms with E-state index in [1.807, 2.05) is 30.3 Å². The fourth-order valence-electron chi connectivity index (χ4n) is 1.79. The Kier molecular flexibility index (Phi) is 3.85. The zero-order valence-electron chi connectivity index (χ0n) is 10.6. The molecule has 1 atom stereocenters. The molecule has 1 heterocycles. The number of furan rings is 1. The van der Waals surface area contributed by atoms with Crippen LogP contribution in [-0.2, 0) is 9.59 Å². The monoisotopic (exact) mass is 261 g/mol. The van der Waals surface area contributed by atoms with E-state index >= 15 is 0 Å². The van der Waals surface area contributed by atoms with Crippen LogP contribution in [-0.4, -0.2) is 23.5 Å². The molecule has 0 saturated carbocycles. The third-order valence-corrected chi connectivity index (χ3v) is 2.90. The van der Waals surface area contributed by atoms with E-state index in [2.05, 4.69) is 5.32 Å². The highest BCUT2D eigenvalue weighted by Crippen LogP contribution is 2.24. The normalized spacial score (nSPS) is 12.3. The number of aliphatic carboxylic acids is 1. The summed E-state index contributed by atoms with van der Waals surface area (Å²) in [6.07, 6.45) is -0.0847. The van der Waals surface area contributed by atoms with Crippen molar-refractivity contribution in [1.82, 2.24) is 5.32 Å². The summed E-state index contributed by atoms with van der Waals surface area (Å²) >= 11 is 0. The van der Waals surface area contributed by atoms with Crippen molar-refractivity contribution in [3.05, 3.63) is 36.1 Å². The molecule has 0 bridgehead atoms. The summed E-state index contributed by atoms with van der Waals surface area (Å²) < 4.78 is 5.60. The molecule has 1 unspecified atom stereocenters. The van der Waals surface area contributed by atoms with Crippen LogP contribution < -0.4 is 5.32 Å². The molecule has 0 fully saturated rings. The molecular formula is C14H15NO4. The number of carboxylic acids is 1. The Morgan fingerprint density at radius 2 is 2.11 bits per heavy atom. The van der Waals surface area contributed by atoms with Crippen LogP contribution in [0.15, 0.2) is 34.7 Å². The van der Waals surface area contributed by atoms with Crippen LogP contribution in [0.2, 0.25) is 0 Å². The van der Waals surface area contributed by atoms with E-state index < -0.39 is 11.9 Å². The van der Waals surface area contributed by atoms with Gasteiger partial charge in [0.05, 0.1) is 12.3 Å². The number of carbonyl (C=O) groups excluding carboxylic acids is 1. The van der Waals surface area contributed by atoms with Crippen LogP contribution in [0.4, 0.5) is 0 Å². The first kappa shape index (κ1) is 13.1. The van der Waals surface area contributed by atoms with Crippen molar-refractivity contribution >= 4 is 22.8 Å². The zero-order chi connectivity index (χ0) is 13.8. The van der Waals surface area contributed by atoms with Crippen molar-refractivity contribution in [1.29, 1.82) is 0 Å². The summed E-state index contributed by atoms with van der Waals surface area (Å²) in [7, 11) is 0. The van der Waals surface area contributed by atoms with Gasteiger partial charge < -0.3 is 14.8 Å². The Morgan fingerprint density at radius 3 is 2.79 bits per heavy atom. The Morgan fingerprint density at radius 1 is 1.37 bits per heavy atom. The minimum atomic E-state index is -0.934. The van der Waals surface area contributed by atoms with E-state index in [4.69, 9.17) is 9.52 Å². The average molecular weight is 261 g/mol. The maximum absolute atomic E-state index is 11.8. The second kappa shape index (κ2) is 5.56. The van der Waals surface area contributed by atoms with Crippen LogP contribution in [0.25, 0.3) is 11.0 Å². The highest BCUT2D eigenvalue weighted by molar-refractivity contribution is 5.85. The molecule has 0 radical (unpaired) electrons. The van der Waals surface area contributed by atoms with Gasteiger partial charge in [-0.3, -0.25) is 9.59 Å². The van der Waals surface area contributed by atoms with Crippen molar-refractivity contribution in [3.63, 3.8) is 0 Å². The first-order valence-electron chi connectivity index (χ1n) is 6.06. The molecule has 0 saturated heterocycles. The SMILES string of the molecule is CC(C(=O)NCCC(=O)O)c1cc2ccccc2o1. The molecule has 0 aliphatic heterocycles. The largest absolute Gasteiger partial charge is 0.481 e. The summed E-state index contributed by atoms with van der Waals surface area (Å²) in [5, 5.41) is 12.0. The lowest BCUT2D eigenvalue weighted by molar-refractivity contribution is -0.136. The number of carboxylic acid groups (broad SMARTS) is 1. The number of fused-ring (bicyclic) bond motifs is 1. The molecule has 19 heavy (non-hydrogen) atoms. The second-order valence-corrected chi connectivity index (χ2v) is 4.34. The fraction of sp³-hybridized carbons (Fsp3) is 0.286. The van der Waals surface area contributed by atoms with E-state index in [9.17, 15) is 9.59 Å². The van der Waals surface area contributed by atoms with Crippen molar-refractivity contribution < 1.29 is 19.1 Å². The first-order chi connectivity index (χ1) is 9.08. The molecule has 2 aromatic rings. The van der Waals surface area contributed by atoms with Crippen molar-refractivity contribution in [3.8, 4) is 0 Å². The molecule has 2 rings (SSSR count). The van der Waals surface area contributed by atoms with Gasteiger partial charge in [-0.1, -0.05) is 18.2 Å². The minimum Gasteiger partial charge on any atom is -0.481 e. The summed E-state index contributed by atoms with van der Waals surface area (Å²) in [5.74, 6) is -1.03. The van der Waals surface area contributed by atoms with Crippen LogP contribution in [0.5, 0.6) is 0 Å². The highest BCUT2D eigenvalue weighted by atomic mass is 16.4. The standard InChI is InChI=1S/C14H15NO4/c1-9(14(18)15-7-6-13(16)17)12-8-10-4-2-3-5-11(10)19-12/h2-5,8-9H,6-7H2,1H3,(H,15,18)(H,16,17). The molecule has 0 aliphatic rings. The molecule has 1 aromatic carbocycles. The average Bonchev–Trinajstić information content (AvgIpc) is 2.80. The van der Waals surface area contributed by atoms with Crippen LogP contribution in [0, 0.1) is 0 Å². The summed E-state index contributed by atoms with van der Waals surface area (Å²) in [5.41, 5.74) is 0.739. The van der Waals surface area contributed by atoms with Crippen LogP contribution >= 0.6 is 0 Å². The van der Waals surface area contributed by atoms with Crippen molar-refractivity contribution in [2.24, 2.45) is 0 Å². The Bertz CT molecular complexity index is 569. The predicted molar refractivity (Wildman–Crippen MR) is 69.9 cm³/mol. The van der Waals surface area contributed by atoms with E-state index in [0.717, 1.165) is 11.0 Å². The predicted octanol–water partition coefficient (Wildman–Crippen LogP) is 2.13. The molecule has 1 aromatic heterocycles.